The van der Waals surface area contributed by atoms with Crippen molar-refractivity contribution in [3.05, 3.63) is 95.1 Å². The quantitative estimate of drug-likeness (QED) is 0.469. The molecule has 0 amide bonds. The summed E-state index contributed by atoms with van der Waals surface area (Å²) in [6.45, 7) is 1.96. The first kappa shape index (κ1) is 21.2. The number of rotatable bonds is 8. The van der Waals surface area contributed by atoms with Crippen molar-refractivity contribution in [2.75, 3.05) is 26.3 Å². The zero-order chi connectivity index (χ0) is 21.5. The first-order chi connectivity index (χ1) is 15.3. The van der Waals surface area contributed by atoms with Gasteiger partial charge < -0.3 is 20.3 Å². The van der Waals surface area contributed by atoms with Crippen LogP contribution in [0.25, 0.3) is 11.1 Å². The lowest BCUT2D eigenvalue weighted by Gasteiger charge is -2.17. The van der Waals surface area contributed by atoms with Crippen molar-refractivity contribution in [2.45, 2.75) is 19.3 Å². The average Bonchev–Trinajstić information content (AvgIpc) is 2.99. The summed E-state index contributed by atoms with van der Waals surface area (Å²) in [7, 11) is 0. The van der Waals surface area contributed by atoms with Gasteiger partial charge in [-0.25, -0.2) is 0 Å². The van der Waals surface area contributed by atoms with Crippen molar-refractivity contribution in [1.29, 1.82) is 0 Å². The summed E-state index contributed by atoms with van der Waals surface area (Å²) >= 11 is 0. The number of hydrogen-bond donors (Lipinski definition) is 3. The van der Waals surface area contributed by atoms with E-state index in [2.05, 4.69) is 41.7 Å². The summed E-state index contributed by atoms with van der Waals surface area (Å²) < 4.78 is 5.82. The molecule has 3 aromatic rings. The van der Waals surface area contributed by atoms with Gasteiger partial charge in [0.15, 0.2) is 0 Å². The van der Waals surface area contributed by atoms with Crippen LogP contribution < -0.4 is 10.1 Å². The van der Waals surface area contributed by atoms with Gasteiger partial charge in [0, 0.05) is 13.1 Å². The topological polar surface area (TPSA) is 61.7 Å². The van der Waals surface area contributed by atoms with Gasteiger partial charge in [0.1, 0.15) is 18.1 Å². The first-order valence-electron chi connectivity index (χ1n) is 10.9. The maximum absolute atomic E-state index is 10.0. The third-order valence-electron chi connectivity index (χ3n) is 5.63. The van der Waals surface area contributed by atoms with Gasteiger partial charge in [0.05, 0.1) is 6.61 Å². The first-order valence-corrected chi connectivity index (χ1v) is 10.9. The molecule has 0 unspecified atom stereocenters. The predicted octanol–water partition coefficient (Wildman–Crippen LogP) is 4.65. The third kappa shape index (κ3) is 5.16. The molecule has 1 aliphatic rings. The lowest BCUT2D eigenvalue weighted by atomic mass is 9.88. The molecule has 0 saturated carbocycles. The fourth-order valence-electron chi connectivity index (χ4n) is 4.19. The molecule has 31 heavy (non-hydrogen) atoms. The molecule has 1 aliphatic carbocycles. The van der Waals surface area contributed by atoms with Gasteiger partial charge in [0.2, 0.25) is 0 Å². The Morgan fingerprint density at radius 1 is 0.839 bits per heavy atom. The van der Waals surface area contributed by atoms with Gasteiger partial charge in [-0.1, -0.05) is 48.5 Å². The van der Waals surface area contributed by atoms with E-state index in [-0.39, 0.29) is 6.61 Å². The zero-order valence-corrected chi connectivity index (χ0v) is 17.7. The monoisotopic (exact) mass is 415 g/mol. The van der Waals surface area contributed by atoms with Crippen LogP contribution in [0.4, 0.5) is 0 Å². The van der Waals surface area contributed by atoms with Crippen LogP contribution in [0.2, 0.25) is 0 Å². The minimum absolute atomic E-state index is 0.132. The van der Waals surface area contributed by atoms with Crippen molar-refractivity contribution >= 4 is 11.1 Å². The van der Waals surface area contributed by atoms with Crippen LogP contribution in [0.5, 0.6) is 11.5 Å². The van der Waals surface area contributed by atoms with Crippen LogP contribution in [0, 0.1) is 0 Å². The SMILES string of the molecule is OCCNCCOc1ccc(C2=C(c3ccccc3)CCCc3cc(O)ccc32)cc1. The molecule has 3 N–H and O–H groups in total. The molecule has 0 spiro atoms. The Hall–Kier alpha value is -3.08. The molecule has 0 heterocycles. The number of phenolic OH excluding ortho intramolecular Hbond substituents is 1. The van der Waals surface area contributed by atoms with Gasteiger partial charge in [-0.05, 0) is 76.9 Å². The minimum atomic E-state index is 0.132. The summed E-state index contributed by atoms with van der Waals surface area (Å²) in [5.74, 6) is 1.15. The Bertz CT molecular complexity index is 1030. The largest absolute Gasteiger partial charge is 0.508 e. The van der Waals surface area contributed by atoms with Crippen molar-refractivity contribution in [3.63, 3.8) is 0 Å². The van der Waals surface area contributed by atoms with Crippen LogP contribution in [0.1, 0.15) is 35.1 Å². The lowest BCUT2D eigenvalue weighted by molar-refractivity contribution is 0.276. The fraction of sp³-hybridized carbons (Fsp3) is 0.259. The molecular weight excluding hydrogens is 386 g/mol. The van der Waals surface area contributed by atoms with Gasteiger partial charge in [-0.2, -0.15) is 0 Å². The maximum Gasteiger partial charge on any atom is 0.119 e. The van der Waals surface area contributed by atoms with Crippen LogP contribution in [-0.4, -0.2) is 36.5 Å². The highest BCUT2D eigenvalue weighted by atomic mass is 16.5. The molecule has 160 valence electrons. The predicted molar refractivity (Wildman–Crippen MR) is 125 cm³/mol. The number of allylic oxidation sites excluding steroid dienone is 1. The normalized spacial score (nSPS) is 13.6. The number of hydrogen-bond acceptors (Lipinski definition) is 4. The highest BCUT2D eigenvalue weighted by Gasteiger charge is 2.20. The number of fused-ring (bicyclic) bond motifs is 1. The van der Waals surface area contributed by atoms with Gasteiger partial charge >= 0.3 is 0 Å². The highest BCUT2D eigenvalue weighted by Crippen LogP contribution is 2.40. The Balaban J connectivity index is 1.69. The van der Waals surface area contributed by atoms with Crippen LogP contribution in [-0.2, 0) is 6.42 Å². The Labute approximate surface area is 183 Å². The number of aliphatic hydroxyl groups is 1. The number of aromatic hydroxyl groups is 1. The molecule has 0 saturated heterocycles. The van der Waals surface area contributed by atoms with Crippen LogP contribution in [0.3, 0.4) is 0 Å². The van der Waals surface area contributed by atoms with E-state index in [1.807, 2.05) is 30.3 Å². The van der Waals surface area contributed by atoms with E-state index in [1.165, 1.54) is 27.8 Å². The number of nitrogens with one attached hydrogen (secondary N) is 1. The number of ether oxygens (including phenoxy) is 1. The van der Waals surface area contributed by atoms with E-state index in [4.69, 9.17) is 9.84 Å². The zero-order valence-electron chi connectivity index (χ0n) is 17.7. The van der Waals surface area contributed by atoms with Crippen LogP contribution in [0.15, 0.2) is 72.8 Å². The van der Waals surface area contributed by atoms with Gasteiger partial charge in [-0.3, -0.25) is 0 Å². The summed E-state index contributed by atoms with van der Waals surface area (Å²) in [5, 5.41) is 22.0. The van der Waals surface area contributed by atoms with E-state index in [0.29, 0.717) is 25.4 Å². The number of benzene rings is 3. The average molecular weight is 416 g/mol. The van der Waals surface area contributed by atoms with Crippen molar-refractivity contribution in [3.8, 4) is 11.5 Å². The Morgan fingerprint density at radius 2 is 1.65 bits per heavy atom. The third-order valence-corrected chi connectivity index (χ3v) is 5.63. The second-order valence-corrected chi connectivity index (χ2v) is 7.76. The summed E-state index contributed by atoms with van der Waals surface area (Å²) in [6.07, 6.45) is 2.99. The molecule has 4 nitrogen and oxygen atoms in total. The molecule has 0 aliphatic heterocycles. The van der Waals surface area contributed by atoms with E-state index in [1.54, 1.807) is 6.07 Å². The minimum Gasteiger partial charge on any atom is -0.508 e. The van der Waals surface area contributed by atoms with E-state index < -0.39 is 0 Å². The van der Waals surface area contributed by atoms with Crippen LogP contribution >= 0.6 is 0 Å². The summed E-state index contributed by atoms with van der Waals surface area (Å²) in [5.41, 5.74) is 7.35. The van der Waals surface area contributed by atoms with Crippen molar-refractivity contribution in [2.24, 2.45) is 0 Å². The number of aryl methyl sites for hydroxylation is 1. The number of phenols is 1. The molecule has 0 fully saturated rings. The molecule has 0 atom stereocenters. The Morgan fingerprint density at radius 3 is 2.42 bits per heavy atom. The summed E-state index contributed by atoms with van der Waals surface area (Å²) in [4.78, 5) is 0. The summed E-state index contributed by atoms with van der Waals surface area (Å²) in [6, 6.07) is 24.6. The smallest absolute Gasteiger partial charge is 0.119 e. The Kier molecular flexibility index (Phi) is 7.03. The van der Waals surface area contributed by atoms with E-state index in [0.717, 1.165) is 30.6 Å². The second kappa shape index (κ2) is 10.3. The molecule has 0 aromatic heterocycles. The molecule has 3 aromatic carbocycles. The van der Waals surface area contributed by atoms with Gasteiger partial charge in [-0.15, -0.1) is 0 Å². The molecule has 0 radical (unpaired) electrons. The lowest BCUT2D eigenvalue weighted by Crippen LogP contribution is -2.23. The fourth-order valence-corrected chi connectivity index (χ4v) is 4.19. The number of aliphatic hydroxyl groups excluding tert-OH is 1. The highest BCUT2D eigenvalue weighted by molar-refractivity contribution is 6.00. The maximum atomic E-state index is 10.0. The van der Waals surface area contributed by atoms with E-state index >= 15 is 0 Å². The van der Waals surface area contributed by atoms with Crippen molar-refractivity contribution < 1.29 is 14.9 Å². The second-order valence-electron chi connectivity index (χ2n) is 7.76. The van der Waals surface area contributed by atoms with Crippen molar-refractivity contribution in [1.82, 2.24) is 5.32 Å². The molecule has 0 bridgehead atoms. The van der Waals surface area contributed by atoms with Gasteiger partial charge in [0.25, 0.3) is 0 Å². The van der Waals surface area contributed by atoms with E-state index in [9.17, 15) is 5.11 Å². The molecular formula is C27H29NO3. The molecule has 4 heteroatoms. The standard InChI is InChI=1S/C27H29NO3/c29-17-15-28-16-18-31-24-12-9-21(10-13-24)27-25(20-5-2-1-3-6-20)8-4-7-22-19-23(30)11-14-26(22)27/h1-3,5-6,9-14,19,28-30H,4,7-8,15-18H2. The molecule has 4 rings (SSSR count).